The van der Waals surface area contributed by atoms with Crippen molar-refractivity contribution in [2.45, 2.75) is 13.3 Å². The van der Waals surface area contributed by atoms with Gasteiger partial charge in [0.25, 0.3) is 0 Å². The number of hydrogen-bond acceptors (Lipinski definition) is 2. The van der Waals surface area contributed by atoms with E-state index < -0.39 is 5.92 Å². The lowest BCUT2D eigenvalue weighted by Gasteiger charge is -2.15. The van der Waals surface area contributed by atoms with Gasteiger partial charge in [-0.1, -0.05) is 12.8 Å². The Hall–Kier alpha value is -1.48. The molecular weight excluding hydrogens is 152 g/mol. The molecule has 0 aliphatic carbocycles. The van der Waals surface area contributed by atoms with Crippen LogP contribution < -0.4 is 0 Å². The highest BCUT2D eigenvalue weighted by atomic mass is 16.2. The first-order chi connectivity index (χ1) is 5.67. The highest BCUT2D eigenvalue weighted by Crippen LogP contribution is 2.04. The van der Waals surface area contributed by atoms with E-state index in [1.165, 1.54) is 4.90 Å². The van der Waals surface area contributed by atoms with Gasteiger partial charge in [0.2, 0.25) is 5.91 Å². The van der Waals surface area contributed by atoms with Crippen molar-refractivity contribution in [1.29, 1.82) is 5.26 Å². The molecule has 3 heteroatoms. The lowest BCUT2D eigenvalue weighted by atomic mass is 10.1. The lowest BCUT2D eigenvalue weighted by Crippen LogP contribution is -2.32. The maximum absolute atomic E-state index is 11.3. The van der Waals surface area contributed by atoms with Crippen LogP contribution in [-0.4, -0.2) is 24.4 Å². The van der Waals surface area contributed by atoms with Crippen LogP contribution in [-0.2, 0) is 4.79 Å². The van der Waals surface area contributed by atoms with Crippen LogP contribution in [0.2, 0.25) is 0 Å². The fourth-order valence-electron chi connectivity index (χ4n) is 0.802. The summed E-state index contributed by atoms with van der Waals surface area (Å²) >= 11 is 0. The molecule has 0 rings (SSSR count). The Morgan fingerprint density at radius 2 is 2.33 bits per heavy atom. The van der Waals surface area contributed by atoms with Crippen molar-refractivity contribution in [2.24, 2.45) is 5.92 Å². The van der Waals surface area contributed by atoms with Gasteiger partial charge in [0.15, 0.2) is 0 Å². The van der Waals surface area contributed by atoms with Gasteiger partial charge in [0, 0.05) is 7.05 Å². The van der Waals surface area contributed by atoms with Crippen LogP contribution in [0.15, 0.2) is 0 Å². The summed E-state index contributed by atoms with van der Waals surface area (Å²) in [5, 5.41) is 8.56. The molecule has 0 spiro atoms. The van der Waals surface area contributed by atoms with Crippen LogP contribution in [0.3, 0.4) is 0 Å². The summed E-state index contributed by atoms with van der Waals surface area (Å²) in [5.41, 5.74) is 0. The zero-order valence-corrected chi connectivity index (χ0v) is 7.37. The van der Waals surface area contributed by atoms with Gasteiger partial charge in [0.05, 0.1) is 12.6 Å². The number of terminal acetylenes is 1. The molecule has 0 saturated carbocycles. The van der Waals surface area contributed by atoms with E-state index in [1.807, 2.05) is 6.07 Å². The number of rotatable bonds is 3. The first-order valence-electron chi connectivity index (χ1n) is 3.75. The monoisotopic (exact) mass is 164 g/mol. The molecule has 0 aromatic heterocycles. The van der Waals surface area contributed by atoms with Crippen molar-refractivity contribution in [2.75, 3.05) is 13.6 Å². The fraction of sp³-hybridized carbons (Fsp3) is 0.556. The minimum absolute atomic E-state index is 0.196. The van der Waals surface area contributed by atoms with Crippen LogP contribution in [0.25, 0.3) is 0 Å². The van der Waals surface area contributed by atoms with Crippen molar-refractivity contribution in [3.8, 4) is 18.4 Å². The average molecular weight is 164 g/mol. The second kappa shape index (κ2) is 5.21. The maximum Gasteiger partial charge on any atom is 0.240 e. The Kier molecular flexibility index (Phi) is 4.57. The third-order valence-corrected chi connectivity index (χ3v) is 1.57. The van der Waals surface area contributed by atoms with E-state index in [1.54, 1.807) is 14.0 Å². The van der Waals surface area contributed by atoms with E-state index >= 15 is 0 Å². The lowest BCUT2D eigenvalue weighted by molar-refractivity contribution is -0.131. The summed E-state index contributed by atoms with van der Waals surface area (Å²) in [6, 6.07) is 1.93. The molecule has 0 N–H and O–H groups in total. The number of nitrogens with zero attached hydrogens (tertiary/aromatic N) is 2. The van der Waals surface area contributed by atoms with Gasteiger partial charge < -0.3 is 4.90 Å². The van der Waals surface area contributed by atoms with Crippen LogP contribution in [0, 0.1) is 29.6 Å². The summed E-state index contributed by atoms with van der Waals surface area (Å²) < 4.78 is 0. The standard InChI is InChI=1S/C9H12N2O/c1-4-6-11(3)9(12)8(5-2)7-10/h1,8H,5-6H2,2-3H3. The van der Waals surface area contributed by atoms with Gasteiger partial charge in [0.1, 0.15) is 5.92 Å². The van der Waals surface area contributed by atoms with Crippen molar-refractivity contribution >= 4 is 5.91 Å². The normalized spacial score (nSPS) is 11.0. The molecule has 0 saturated heterocycles. The number of carbonyl (C=O) groups is 1. The van der Waals surface area contributed by atoms with E-state index in [0.29, 0.717) is 6.42 Å². The highest BCUT2D eigenvalue weighted by Gasteiger charge is 2.18. The average Bonchev–Trinajstić information content (AvgIpc) is 2.07. The molecule has 12 heavy (non-hydrogen) atoms. The van der Waals surface area contributed by atoms with E-state index in [2.05, 4.69) is 5.92 Å². The van der Waals surface area contributed by atoms with Crippen molar-refractivity contribution < 1.29 is 4.79 Å². The second-order valence-electron chi connectivity index (χ2n) is 2.49. The number of amides is 1. The molecule has 0 aromatic rings. The molecule has 1 atom stereocenters. The summed E-state index contributed by atoms with van der Waals surface area (Å²) in [6.45, 7) is 2.06. The van der Waals surface area contributed by atoms with Crippen molar-refractivity contribution in [3.63, 3.8) is 0 Å². The number of carbonyl (C=O) groups excluding carboxylic acids is 1. The highest BCUT2D eigenvalue weighted by molar-refractivity contribution is 5.81. The molecule has 0 aliphatic rings. The first-order valence-corrected chi connectivity index (χ1v) is 3.75. The molecule has 0 heterocycles. The zero-order chi connectivity index (χ0) is 9.56. The van der Waals surface area contributed by atoms with Crippen LogP contribution in [0.4, 0.5) is 0 Å². The molecule has 3 nitrogen and oxygen atoms in total. The van der Waals surface area contributed by atoms with Gasteiger partial charge in [-0.2, -0.15) is 5.26 Å². The summed E-state index contributed by atoms with van der Waals surface area (Å²) in [7, 11) is 1.60. The molecular formula is C9H12N2O. The van der Waals surface area contributed by atoms with Gasteiger partial charge in [-0.05, 0) is 6.42 Å². The maximum atomic E-state index is 11.3. The molecule has 64 valence electrons. The third kappa shape index (κ3) is 2.64. The Bertz CT molecular complexity index is 234. The van der Waals surface area contributed by atoms with Crippen LogP contribution in [0.1, 0.15) is 13.3 Å². The van der Waals surface area contributed by atoms with E-state index in [9.17, 15) is 4.79 Å². The predicted octanol–water partition coefficient (Wildman–Crippen LogP) is 0.628. The second-order valence-corrected chi connectivity index (χ2v) is 2.49. The first kappa shape index (κ1) is 10.5. The summed E-state index contributed by atoms with van der Waals surface area (Å²) in [5.74, 6) is 1.60. The van der Waals surface area contributed by atoms with Crippen molar-refractivity contribution in [1.82, 2.24) is 4.90 Å². The largest absolute Gasteiger partial charge is 0.333 e. The number of hydrogen-bond donors (Lipinski definition) is 0. The van der Waals surface area contributed by atoms with Crippen LogP contribution >= 0.6 is 0 Å². The fourth-order valence-corrected chi connectivity index (χ4v) is 0.802. The van der Waals surface area contributed by atoms with Gasteiger partial charge >= 0.3 is 0 Å². The van der Waals surface area contributed by atoms with Crippen LogP contribution in [0.5, 0.6) is 0 Å². The minimum atomic E-state index is -0.552. The van der Waals surface area contributed by atoms with Gasteiger partial charge in [-0.3, -0.25) is 4.79 Å². The zero-order valence-electron chi connectivity index (χ0n) is 7.37. The smallest absolute Gasteiger partial charge is 0.240 e. The minimum Gasteiger partial charge on any atom is -0.333 e. The van der Waals surface area contributed by atoms with E-state index in [4.69, 9.17) is 11.7 Å². The summed E-state index contributed by atoms with van der Waals surface area (Å²) in [6.07, 6.45) is 5.56. The topological polar surface area (TPSA) is 44.1 Å². The summed E-state index contributed by atoms with van der Waals surface area (Å²) in [4.78, 5) is 12.7. The Balaban J connectivity index is 4.20. The number of nitriles is 1. The SMILES string of the molecule is C#CCN(C)C(=O)C(C#N)CC. The molecule has 1 amide bonds. The molecule has 0 aliphatic heterocycles. The Morgan fingerprint density at radius 1 is 1.75 bits per heavy atom. The quantitative estimate of drug-likeness (QED) is 0.574. The Morgan fingerprint density at radius 3 is 2.67 bits per heavy atom. The molecule has 0 bridgehead atoms. The molecule has 1 unspecified atom stereocenters. The van der Waals surface area contributed by atoms with E-state index in [0.717, 1.165) is 0 Å². The van der Waals surface area contributed by atoms with Gasteiger partial charge in [-0.15, -0.1) is 6.42 Å². The molecule has 0 radical (unpaired) electrons. The Labute approximate surface area is 73.0 Å². The third-order valence-electron chi connectivity index (χ3n) is 1.57. The predicted molar refractivity (Wildman–Crippen MR) is 45.9 cm³/mol. The van der Waals surface area contributed by atoms with E-state index in [-0.39, 0.29) is 12.5 Å². The molecule has 0 aromatic carbocycles. The molecule has 0 fully saturated rings. The van der Waals surface area contributed by atoms with Gasteiger partial charge in [-0.25, -0.2) is 0 Å². The van der Waals surface area contributed by atoms with Crippen molar-refractivity contribution in [3.05, 3.63) is 0 Å².